The van der Waals surface area contributed by atoms with Crippen molar-refractivity contribution in [2.75, 3.05) is 21.3 Å². The van der Waals surface area contributed by atoms with Crippen LogP contribution in [0.4, 0.5) is 0 Å². The van der Waals surface area contributed by atoms with Crippen molar-refractivity contribution in [1.29, 1.82) is 0 Å². The molecule has 8 heteroatoms. The molecule has 0 N–H and O–H groups in total. The highest BCUT2D eigenvalue weighted by atomic mass is 35.5. The highest BCUT2D eigenvalue weighted by Gasteiger charge is 2.18. The van der Waals surface area contributed by atoms with Crippen molar-refractivity contribution < 1.29 is 19.0 Å². The van der Waals surface area contributed by atoms with E-state index in [4.69, 9.17) is 49.0 Å². The predicted octanol–water partition coefficient (Wildman–Crippen LogP) is 7.83. The predicted molar refractivity (Wildman–Crippen MR) is 138 cm³/mol. The Labute approximate surface area is 212 Å². The third-order valence-electron chi connectivity index (χ3n) is 4.74. The summed E-state index contributed by atoms with van der Waals surface area (Å²) in [6.45, 7) is 0. The lowest BCUT2D eigenvalue weighted by Crippen LogP contribution is -2.02. The van der Waals surface area contributed by atoms with Crippen molar-refractivity contribution in [3.63, 3.8) is 0 Å². The number of hydrogen-bond donors (Lipinski definition) is 0. The van der Waals surface area contributed by atoms with Crippen molar-refractivity contribution in [2.24, 2.45) is 0 Å². The average molecular weight is 524 g/mol. The maximum Gasteiger partial charge on any atom is 0.199 e. The van der Waals surface area contributed by atoms with Crippen LogP contribution in [0, 0.1) is 0 Å². The fourth-order valence-electron chi connectivity index (χ4n) is 3.01. The Kier molecular flexibility index (Phi) is 8.98. The summed E-state index contributed by atoms with van der Waals surface area (Å²) in [5.74, 6) is 1.96. The van der Waals surface area contributed by atoms with Crippen molar-refractivity contribution in [2.45, 2.75) is 5.75 Å². The van der Waals surface area contributed by atoms with Crippen LogP contribution in [-0.2, 0) is 5.75 Å². The van der Waals surface area contributed by atoms with Crippen molar-refractivity contribution in [1.82, 2.24) is 0 Å². The number of thioether (sulfide) groups is 1. The second-order valence-corrected chi connectivity index (χ2v) is 9.10. The molecule has 0 heterocycles. The molecule has 0 saturated carbocycles. The highest BCUT2D eigenvalue weighted by Crippen LogP contribution is 2.38. The van der Waals surface area contributed by atoms with Gasteiger partial charge in [-0.05, 0) is 48.0 Å². The fraction of sp³-hybridized carbons (Fsp3) is 0.160. The van der Waals surface area contributed by atoms with E-state index >= 15 is 0 Å². The summed E-state index contributed by atoms with van der Waals surface area (Å²) < 4.78 is 16.4. The van der Waals surface area contributed by atoms with Gasteiger partial charge in [0.1, 0.15) is 17.2 Å². The van der Waals surface area contributed by atoms with Gasteiger partial charge in [0.15, 0.2) is 5.78 Å². The molecule has 3 aromatic carbocycles. The second kappa shape index (κ2) is 11.7. The first-order valence-electron chi connectivity index (χ1n) is 9.75. The molecule has 0 aliphatic rings. The molecule has 33 heavy (non-hydrogen) atoms. The van der Waals surface area contributed by atoms with Gasteiger partial charge in [-0.3, -0.25) is 4.79 Å². The molecule has 0 aliphatic heterocycles. The molecule has 0 unspecified atom stereocenters. The van der Waals surface area contributed by atoms with Crippen molar-refractivity contribution >= 4 is 58.4 Å². The van der Waals surface area contributed by atoms with Gasteiger partial charge in [-0.25, -0.2) is 0 Å². The molecule has 0 aromatic heterocycles. The van der Waals surface area contributed by atoms with Crippen LogP contribution < -0.4 is 14.2 Å². The standard InChI is InChI=1S/C25H21Cl3O4S/c1-30-18-11-22(31-2)19(23(12-18)32-3)13-24(25(29)16-5-7-17(26)8-6-16)33-14-15-4-9-20(27)21(28)10-15/h4-13H,14H2,1-3H3. The van der Waals surface area contributed by atoms with E-state index in [1.54, 1.807) is 75.9 Å². The van der Waals surface area contributed by atoms with Crippen LogP contribution in [0.25, 0.3) is 6.08 Å². The summed E-state index contributed by atoms with van der Waals surface area (Å²) >= 11 is 19.6. The number of rotatable bonds is 9. The van der Waals surface area contributed by atoms with E-state index in [2.05, 4.69) is 0 Å². The molecule has 0 atom stereocenters. The number of ether oxygens (including phenoxy) is 3. The molecule has 0 spiro atoms. The van der Waals surface area contributed by atoms with Crippen LogP contribution in [0.2, 0.25) is 15.1 Å². The number of Topliss-reactive ketones (excluding diaryl/α,β-unsaturated/α-hetero) is 1. The SMILES string of the molecule is COc1cc(OC)c(C=C(SCc2ccc(Cl)c(Cl)c2)C(=O)c2ccc(Cl)cc2)c(OC)c1. The van der Waals surface area contributed by atoms with Crippen LogP contribution in [0.5, 0.6) is 17.2 Å². The molecule has 0 amide bonds. The molecule has 0 fully saturated rings. The average Bonchev–Trinajstić information content (AvgIpc) is 2.83. The van der Waals surface area contributed by atoms with Gasteiger partial charge >= 0.3 is 0 Å². The first kappa shape index (κ1) is 25.3. The monoisotopic (exact) mass is 522 g/mol. The maximum atomic E-state index is 13.4. The number of allylic oxidation sites excluding steroid dienone is 1. The number of ketones is 1. The maximum absolute atomic E-state index is 13.4. The molecule has 3 rings (SSSR count). The minimum Gasteiger partial charge on any atom is -0.496 e. The van der Waals surface area contributed by atoms with E-state index < -0.39 is 0 Å². The lowest BCUT2D eigenvalue weighted by molar-refractivity contribution is 0.104. The summed E-state index contributed by atoms with van der Waals surface area (Å²) in [6, 6.07) is 15.6. The number of hydrogen-bond acceptors (Lipinski definition) is 5. The fourth-order valence-corrected chi connectivity index (χ4v) is 4.41. The normalized spacial score (nSPS) is 11.3. The minimum atomic E-state index is -0.156. The Bertz CT molecular complexity index is 1150. The van der Waals surface area contributed by atoms with Gasteiger partial charge in [-0.15, -0.1) is 11.8 Å². The lowest BCUT2D eigenvalue weighted by atomic mass is 10.1. The van der Waals surface area contributed by atoms with E-state index in [-0.39, 0.29) is 5.78 Å². The molecule has 0 saturated heterocycles. The van der Waals surface area contributed by atoms with Gasteiger partial charge in [0.25, 0.3) is 0 Å². The number of methoxy groups -OCH3 is 3. The minimum absolute atomic E-state index is 0.156. The van der Waals surface area contributed by atoms with Gasteiger partial charge < -0.3 is 14.2 Å². The molecular weight excluding hydrogens is 503 g/mol. The quantitative estimate of drug-likeness (QED) is 0.211. The Hall–Kier alpha value is -2.31. The number of benzene rings is 3. The van der Waals surface area contributed by atoms with Gasteiger partial charge in [0.05, 0.1) is 41.8 Å². The number of halogens is 3. The first-order chi connectivity index (χ1) is 15.9. The third-order valence-corrected chi connectivity index (χ3v) is 6.82. The topological polar surface area (TPSA) is 44.8 Å². The largest absolute Gasteiger partial charge is 0.496 e. The van der Waals surface area contributed by atoms with Gasteiger partial charge in [-0.1, -0.05) is 40.9 Å². The summed E-state index contributed by atoms with van der Waals surface area (Å²) in [5, 5.41) is 1.49. The molecule has 172 valence electrons. The van der Waals surface area contributed by atoms with Gasteiger partial charge in [0, 0.05) is 28.5 Å². The first-order valence-corrected chi connectivity index (χ1v) is 11.9. The Balaban J connectivity index is 2.05. The second-order valence-electron chi connectivity index (χ2n) is 6.83. The van der Waals surface area contributed by atoms with Crippen LogP contribution >= 0.6 is 46.6 Å². The molecule has 4 nitrogen and oxygen atoms in total. The number of carbonyl (C=O) groups excluding carboxylic acids is 1. The molecule has 0 bridgehead atoms. The smallest absolute Gasteiger partial charge is 0.199 e. The molecule has 0 radical (unpaired) electrons. The van der Waals surface area contributed by atoms with E-state index in [9.17, 15) is 4.79 Å². The Morgan fingerprint density at radius 3 is 2.03 bits per heavy atom. The third kappa shape index (κ3) is 6.39. The molecule has 3 aromatic rings. The van der Waals surface area contributed by atoms with Crippen LogP contribution in [0.15, 0.2) is 59.5 Å². The van der Waals surface area contributed by atoms with E-state index in [1.165, 1.54) is 11.8 Å². The van der Waals surface area contributed by atoms with Crippen LogP contribution in [-0.4, -0.2) is 27.1 Å². The van der Waals surface area contributed by atoms with E-state index in [1.807, 2.05) is 6.07 Å². The molecular formula is C25H21Cl3O4S. The van der Waals surface area contributed by atoms with Gasteiger partial charge in [-0.2, -0.15) is 0 Å². The highest BCUT2D eigenvalue weighted by molar-refractivity contribution is 8.03. The zero-order valence-corrected chi connectivity index (χ0v) is 21.2. The number of carbonyl (C=O) groups is 1. The van der Waals surface area contributed by atoms with E-state index in [0.29, 0.717) is 54.1 Å². The lowest BCUT2D eigenvalue weighted by Gasteiger charge is -2.14. The molecule has 0 aliphatic carbocycles. The van der Waals surface area contributed by atoms with Crippen LogP contribution in [0.3, 0.4) is 0 Å². The summed E-state index contributed by atoms with van der Waals surface area (Å²) in [6.07, 6.45) is 1.76. The summed E-state index contributed by atoms with van der Waals surface area (Å²) in [5.41, 5.74) is 2.07. The summed E-state index contributed by atoms with van der Waals surface area (Å²) in [7, 11) is 4.66. The van der Waals surface area contributed by atoms with Gasteiger partial charge in [0.2, 0.25) is 0 Å². The van der Waals surface area contributed by atoms with Crippen molar-refractivity contribution in [3.05, 3.63) is 91.3 Å². The van der Waals surface area contributed by atoms with Crippen LogP contribution in [0.1, 0.15) is 21.5 Å². The van der Waals surface area contributed by atoms with E-state index in [0.717, 1.165) is 5.56 Å². The Morgan fingerprint density at radius 1 is 0.848 bits per heavy atom. The summed E-state index contributed by atoms with van der Waals surface area (Å²) in [4.78, 5) is 13.9. The van der Waals surface area contributed by atoms with Crippen molar-refractivity contribution in [3.8, 4) is 17.2 Å². The Morgan fingerprint density at radius 2 is 1.48 bits per heavy atom. The zero-order valence-electron chi connectivity index (χ0n) is 18.2. The zero-order chi connectivity index (χ0) is 24.0.